The monoisotopic (exact) mass is 560 g/mol. The summed E-state index contributed by atoms with van der Waals surface area (Å²) < 4.78 is 27.5. The number of unbranched alkanes of at least 4 members (excludes halogenated alkanes) is 1. The molecule has 0 aliphatic carbocycles. The number of rotatable bonds is 9. The second-order valence-electron chi connectivity index (χ2n) is 9.73. The Morgan fingerprint density at radius 2 is 1.71 bits per heavy atom. The number of nitrogens with one attached hydrogen (secondary N) is 1. The molecule has 38 heavy (non-hydrogen) atoms. The van der Waals surface area contributed by atoms with E-state index in [9.17, 15) is 22.8 Å². The van der Waals surface area contributed by atoms with Gasteiger partial charge in [0.1, 0.15) is 5.00 Å². The number of carbonyl (C=O) groups is 3. The van der Waals surface area contributed by atoms with Gasteiger partial charge in [-0.2, -0.15) is 4.31 Å². The summed E-state index contributed by atoms with van der Waals surface area (Å²) in [7, 11) is -3.65. The summed E-state index contributed by atoms with van der Waals surface area (Å²) in [6.45, 7) is 8.54. The molecule has 0 radical (unpaired) electrons. The van der Waals surface area contributed by atoms with E-state index in [-0.39, 0.29) is 16.7 Å². The van der Waals surface area contributed by atoms with Gasteiger partial charge < -0.3 is 15.1 Å². The second kappa shape index (κ2) is 12.0. The van der Waals surface area contributed by atoms with Crippen LogP contribution >= 0.6 is 11.3 Å². The van der Waals surface area contributed by atoms with Crippen molar-refractivity contribution < 1.29 is 22.8 Å². The van der Waals surface area contributed by atoms with Gasteiger partial charge in [-0.1, -0.05) is 20.3 Å². The first-order valence-corrected chi connectivity index (χ1v) is 15.5. The van der Waals surface area contributed by atoms with E-state index in [1.165, 1.54) is 46.8 Å². The summed E-state index contributed by atoms with van der Waals surface area (Å²) in [5, 5.41) is 3.40. The number of anilines is 1. The molecule has 1 N–H and O–H groups in total. The number of hydrogen-bond acceptors (Lipinski definition) is 6. The van der Waals surface area contributed by atoms with Crippen LogP contribution in [0.5, 0.6) is 0 Å². The van der Waals surface area contributed by atoms with Crippen molar-refractivity contribution in [2.24, 2.45) is 0 Å². The molecular weight excluding hydrogens is 524 g/mol. The van der Waals surface area contributed by atoms with Gasteiger partial charge in [0.15, 0.2) is 0 Å². The van der Waals surface area contributed by atoms with Crippen LogP contribution in [0.3, 0.4) is 0 Å². The van der Waals surface area contributed by atoms with Gasteiger partial charge in [-0.05, 0) is 55.5 Å². The van der Waals surface area contributed by atoms with E-state index >= 15 is 0 Å². The molecule has 2 aromatic rings. The van der Waals surface area contributed by atoms with E-state index in [2.05, 4.69) is 5.32 Å². The molecule has 11 heteroatoms. The van der Waals surface area contributed by atoms with Gasteiger partial charge in [0.2, 0.25) is 15.9 Å². The summed E-state index contributed by atoms with van der Waals surface area (Å²) in [6.07, 6.45) is 4.16. The zero-order chi connectivity index (χ0) is 27.4. The molecule has 0 bridgehead atoms. The molecule has 1 aromatic heterocycles. The van der Waals surface area contributed by atoms with E-state index in [0.29, 0.717) is 61.8 Å². The zero-order valence-corrected chi connectivity index (χ0v) is 23.9. The minimum Gasteiger partial charge on any atom is -0.339 e. The molecule has 0 spiro atoms. The molecule has 1 saturated heterocycles. The van der Waals surface area contributed by atoms with Gasteiger partial charge in [0.25, 0.3) is 11.8 Å². The molecule has 4 rings (SSSR count). The number of thiophene rings is 1. The first kappa shape index (κ1) is 28.3. The predicted molar refractivity (Wildman–Crippen MR) is 148 cm³/mol. The Morgan fingerprint density at radius 3 is 2.32 bits per heavy atom. The zero-order valence-electron chi connectivity index (χ0n) is 22.3. The van der Waals surface area contributed by atoms with Crippen molar-refractivity contribution in [3.8, 4) is 0 Å². The molecular formula is C27H36N4O5S2. The second-order valence-corrected chi connectivity index (χ2v) is 12.8. The van der Waals surface area contributed by atoms with Gasteiger partial charge in [0, 0.05) is 50.1 Å². The third kappa shape index (κ3) is 5.79. The summed E-state index contributed by atoms with van der Waals surface area (Å²) in [4.78, 5) is 43.3. The summed E-state index contributed by atoms with van der Waals surface area (Å²) >= 11 is 1.34. The Morgan fingerprint density at radius 1 is 1.03 bits per heavy atom. The van der Waals surface area contributed by atoms with Crippen molar-refractivity contribution >= 4 is 44.1 Å². The van der Waals surface area contributed by atoms with E-state index in [1.807, 2.05) is 18.7 Å². The van der Waals surface area contributed by atoms with Crippen molar-refractivity contribution in [3.05, 3.63) is 45.8 Å². The lowest BCUT2D eigenvalue weighted by Gasteiger charge is -2.26. The van der Waals surface area contributed by atoms with E-state index in [4.69, 9.17) is 0 Å². The third-order valence-electron chi connectivity index (χ3n) is 7.20. The van der Waals surface area contributed by atoms with Crippen molar-refractivity contribution in [2.45, 2.75) is 64.3 Å². The van der Waals surface area contributed by atoms with Gasteiger partial charge in [-0.25, -0.2) is 8.42 Å². The highest BCUT2D eigenvalue weighted by Gasteiger charge is 2.32. The van der Waals surface area contributed by atoms with Gasteiger partial charge in [0.05, 0.1) is 17.0 Å². The lowest BCUT2D eigenvalue weighted by atomic mass is 10.0. The molecule has 2 aliphatic rings. The highest BCUT2D eigenvalue weighted by molar-refractivity contribution is 7.89. The Hall–Kier alpha value is -2.76. The average Bonchev–Trinajstić information content (AvgIpc) is 3.56. The van der Waals surface area contributed by atoms with Crippen LogP contribution in [-0.4, -0.2) is 73.0 Å². The van der Waals surface area contributed by atoms with Crippen LogP contribution in [-0.2, 0) is 27.8 Å². The van der Waals surface area contributed by atoms with Crippen molar-refractivity contribution in [1.82, 2.24) is 14.1 Å². The quantitative estimate of drug-likeness (QED) is 0.500. The van der Waals surface area contributed by atoms with Crippen LogP contribution in [0.2, 0.25) is 0 Å². The van der Waals surface area contributed by atoms with Crippen LogP contribution in [0, 0.1) is 0 Å². The molecule has 0 saturated carbocycles. The van der Waals surface area contributed by atoms with Crippen LogP contribution in [0.4, 0.5) is 5.00 Å². The largest absolute Gasteiger partial charge is 0.339 e. The van der Waals surface area contributed by atoms with Gasteiger partial charge in [-0.3, -0.25) is 14.4 Å². The van der Waals surface area contributed by atoms with Gasteiger partial charge in [-0.15, -0.1) is 11.3 Å². The first-order chi connectivity index (χ1) is 18.2. The number of hydrogen-bond donors (Lipinski definition) is 1. The SMILES string of the molecule is CCCCN(CC)S(=O)(=O)c1ccc(C(=O)Nc2sc3c(c2C(=O)N2CCCC2)CCN(C(C)=O)C3)cc1. The predicted octanol–water partition coefficient (Wildman–Crippen LogP) is 3.95. The molecule has 1 fully saturated rings. The lowest BCUT2D eigenvalue weighted by molar-refractivity contribution is -0.129. The molecule has 0 atom stereocenters. The maximum Gasteiger partial charge on any atom is 0.257 e. The van der Waals surface area contributed by atoms with Crippen molar-refractivity contribution in [3.63, 3.8) is 0 Å². The maximum absolute atomic E-state index is 13.5. The highest BCUT2D eigenvalue weighted by atomic mass is 32.2. The average molecular weight is 561 g/mol. The van der Waals surface area contributed by atoms with Gasteiger partial charge >= 0.3 is 0 Å². The van der Waals surface area contributed by atoms with Crippen LogP contribution < -0.4 is 5.32 Å². The Labute approximate surface area is 228 Å². The lowest BCUT2D eigenvalue weighted by Crippen LogP contribution is -2.35. The molecule has 3 heterocycles. The normalized spacial score (nSPS) is 15.6. The smallest absolute Gasteiger partial charge is 0.257 e. The van der Waals surface area contributed by atoms with Crippen molar-refractivity contribution in [1.29, 1.82) is 0 Å². The number of sulfonamides is 1. The molecule has 0 unspecified atom stereocenters. The highest BCUT2D eigenvalue weighted by Crippen LogP contribution is 2.38. The van der Waals surface area contributed by atoms with Crippen LogP contribution in [0.25, 0.3) is 0 Å². The molecule has 2 aliphatic heterocycles. The fourth-order valence-electron chi connectivity index (χ4n) is 4.95. The minimum absolute atomic E-state index is 0.0200. The number of nitrogens with zero attached hydrogens (tertiary/aromatic N) is 3. The van der Waals surface area contributed by atoms with Crippen molar-refractivity contribution in [2.75, 3.05) is 38.0 Å². The maximum atomic E-state index is 13.5. The fourth-order valence-corrected chi connectivity index (χ4v) is 7.69. The molecule has 206 valence electrons. The Balaban J connectivity index is 1.58. The van der Waals surface area contributed by atoms with E-state index < -0.39 is 15.9 Å². The topological polar surface area (TPSA) is 107 Å². The summed E-state index contributed by atoms with van der Waals surface area (Å²) in [6, 6.07) is 5.92. The minimum atomic E-state index is -3.65. The fraction of sp³-hybridized carbons (Fsp3) is 0.519. The Kier molecular flexibility index (Phi) is 8.89. The molecule has 3 amide bonds. The van der Waals surface area contributed by atoms with E-state index in [1.54, 1.807) is 4.90 Å². The van der Waals surface area contributed by atoms with Crippen LogP contribution in [0.15, 0.2) is 29.2 Å². The summed E-state index contributed by atoms with van der Waals surface area (Å²) in [5.74, 6) is -0.516. The number of benzene rings is 1. The van der Waals surface area contributed by atoms with E-state index in [0.717, 1.165) is 36.1 Å². The molecule has 9 nitrogen and oxygen atoms in total. The number of carbonyl (C=O) groups excluding carboxylic acids is 3. The number of fused-ring (bicyclic) bond motifs is 1. The standard InChI is InChI=1S/C27H36N4O5S2/c1-4-6-16-31(5-2)38(35,36)21-11-9-20(10-12-21)25(33)28-26-24(27(34)29-14-7-8-15-29)22-13-17-30(19(3)32)18-23(22)37-26/h9-12H,4-8,13-18H2,1-3H3,(H,28,33). The van der Waals surface area contributed by atoms with Crippen LogP contribution in [0.1, 0.15) is 77.6 Å². The Bertz CT molecular complexity index is 1300. The summed E-state index contributed by atoms with van der Waals surface area (Å²) in [5.41, 5.74) is 1.74. The first-order valence-electron chi connectivity index (χ1n) is 13.3. The number of likely N-dealkylation sites (tertiary alicyclic amines) is 1. The third-order valence-corrected chi connectivity index (χ3v) is 10.3. The number of amides is 3. The molecule has 1 aromatic carbocycles.